The first-order chi connectivity index (χ1) is 27.7. The summed E-state index contributed by atoms with van der Waals surface area (Å²) in [5.74, 6) is 1.25. The predicted molar refractivity (Wildman–Crippen MR) is 244 cm³/mol. The van der Waals surface area contributed by atoms with Gasteiger partial charge in [0.15, 0.2) is 5.78 Å². The molecule has 0 spiro atoms. The Balaban J connectivity index is 0. The molecule has 0 saturated carbocycles. The molecule has 2 aromatic carbocycles. The summed E-state index contributed by atoms with van der Waals surface area (Å²) in [6, 6.07) is 14.7. The van der Waals surface area contributed by atoms with Gasteiger partial charge in [-0.2, -0.15) is 13.2 Å². The van der Waals surface area contributed by atoms with Gasteiger partial charge in [-0.3, -0.25) is 14.5 Å². The van der Waals surface area contributed by atoms with Crippen molar-refractivity contribution in [3.63, 3.8) is 0 Å². The Hall–Kier alpha value is -4.63. The first-order valence-electron chi connectivity index (χ1n) is 20.7. The molecule has 330 valence electrons. The number of likely N-dealkylation sites (tertiary alicyclic amines) is 1. The number of ketones is 2. The van der Waals surface area contributed by atoms with Crippen molar-refractivity contribution >= 4 is 17.1 Å². The molecule has 1 unspecified atom stereocenters. The average molecular weight is 825 g/mol. The van der Waals surface area contributed by atoms with Crippen LogP contribution in [0.2, 0.25) is 0 Å². The van der Waals surface area contributed by atoms with Gasteiger partial charge in [0, 0.05) is 43.2 Å². The number of alkyl halides is 3. The molecule has 1 saturated heterocycles. The van der Waals surface area contributed by atoms with Crippen LogP contribution in [0, 0.1) is 0 Å². The van der Waals surface area contributed by atoms with Crippen molar-refractivity contribution in [1.29, 1.82) is 0 Å². The summed E-state index contributed by atoms with van der Waals surface area (Å²) in [6.45, 7) is 36.0. The maximum absolute atomic E-state index is 13.7. The van der Waals surface area contributed by atoms with Crippen LogP contribution in [0.3, 0.4) is 0 Å². The fourth-order valence-corrected chi connectivity index (χ4v) is 6.61. The van der Waals surface area contributed by atoms with Crippen LogP contribution in [0.25, 0.3) is 5.57 Å². The minimum absolute atomic E-state index is 0. The first-order valence-corrected chi connectivity index (χ1v) is 20.7. The van der Waals surface area contributed by atoms with E-state index in [-0.39, 0.29) is 31.5 Å². The van der Waals surface area contributed by atoms with Gasteiger partial charge in [-0.25, -0.2) is 0 Å². The number of benzene rings is 2. The van der Waals surface area contributed by atoms with E-state index in [4.69, 9.17) is 9.47 Å². The summed E-state index contributed by atoms with van der Waals surface area (Å²) in [5.41, 5.74) is 1.81. The molecule has 1 aliphatic heterocycles. The normalized spacial score (nSPS) is 14.1. The summed E-state index contributed by atoms with van der Waals surface area (Å²) < 4.78 is 50.1. The number of rotatable bonds is 20. The molecular formula is C50H75F3N2O4. The third-order valence-corrected chi connectivity index (χ3v) is 9.26. The van der Waals surface area contributed by atoms with Gasteiger partial charge < -0.3 is 14.8 Å². The number of hydrogen-bond acceptors (Lipinski definition) is 6. The van der Waals surface area contributed by atoms with Gasteiger partial charge in [0.25, 0.3) is 0 Å². The fourth-order valence-electron chi connectivity index (χ4n) is 6.61. The largest absolute Gasteiger partial charge is 0.499 e. The number of nitrogens with one attached hydrogen (secondary N) is 1. The van der Waals surface area contributed by atoms with Crippen molar-refractivity contribution in [2.45, 2.75) is 126 Å². The van der Waals surface area contributed by atoms with Crippen LogP contribution >= 0.6 is 0 Å². The minimum Gasteiger partial charge on any atom is -0.499 e. The highest BCUT2D eigenvalue weighted by Crippen LogP contribution is 2.39. The quantitative estimate of drug-likeness (QED) is 0.106. The lowest BCUT2D eigenvalue weighted by Gasteiger charge is -2.35. The zero-order valence-corrected chi connectivity index (χ0v) is 36.8. The highest BCUT2D eigenvalue weighted by molar-refractivity contribution is 5.94. The van der Waals surface area contributed by atoms with Crippen molar-refractivity contribution in [3.05, 3.63) is 139 Å². The number of carbonyl (C=O) groups is 2. The summed E-state index contributed by atoms with van der Waals surface area (Å²) in [4.78, 5) is 29.1. The Morgan fingerprint density at radius 2 is 1.42 bits per heavy atom. The van der Waals surface area contributed by atoms with Crippen LogP contribution in [0.1, 0.15) is 125 Å². The molecule has 2 aromatic rings. The van der Waals surface area contributed by atoms with Gasteiger partial charge in [0.2, 0.25) is 0 Å². The minimum atomic E-state index is -4.41. The Labute approximate surface area is 356 Å². The van der Waals surface area contributed by atoms with Gasteiger partial charge in [-0.1, -0.05) is 129 Å². The molecule has 6 nitrogen and oxygen atoms in total. The summed E-state index contributed by atoms with van der Waals surface area (Å²) >= 11 is 0. The van der Waals surface area contributed by atoms with Crippen LogP contribution in [0.4, 0.5) is 13.2 Å². The third-order valence-electron chi connectivity index (χ3n) is 9.26. The standard InChI is InChI=1S/C40H49F3N2O3.C5H10O.2C2H6.CH4/c1-7-14-37(31-18-20-33(21-19-31)40(41,42)43)36(9-3)29(5)44-34-23-26-45(27-24-34)28-35(46)22-25-39(30(6)48-10-4,38(47)15-8-2)32-16-12-11-13-17-32;1-4-6-5(2)3;2*1-2;/h7,9,11-14,16-21,34,44H,1,5-6,8,10,15,22-28H2,2-4H3;2,4H2,1,3H3;2*1-2H3;1H4/b36-9-,37-14-;;;;. The molecule has 0 aromatic heterocycles. The third kappa shape index (κ3) is 18.4. The van der Waals surface area contributed by atoms with E-state index in [1.165, 1.54) is 12.1 Å². The summed E-state index contributed by atoms with van der Waals surface area (Å²) in [7, 11) is 0. The van der Waals surface area contributed by atoms with Crippen molar-refractivity contribution in [2.75, 3.05) is 32.8 Å². The second-order valence-corrected chi connectivity index (χ2v) is 13.2. The Kier molecular flexibility index (Phi) is 29.1. The number of ether oxygens (including phenoxy) is 2. The second-order valence-electron chi connectivity index (χ2n) is 13.2. The molecule has 1 heterocycles. The molecule has 0 aliphatic carbocycles. The molecule has 59 heavy (non-hydrogen) atoms. The van der Waals surface area contributed by atoms with Crippen LogP contribution in [-0.4, -0.2) is 55.4 Å². The van der Waals surface area contributed by atoms with Crippen LogP contribution in [0.5, 0.6) is 0 Å². The van der Waals surface area contributed by atoms with E-state index in [9.17, 15) is 22.8 Å². The van der Waals surface area contributed by atoms with Crippen LogP contribution < -0.4 is 5.32 Å². The number of halogens is 3. The number of hydrogen-bond donors (Lipinski definition) is 1. The van der Waals surface area contributed by atoms with E-state index in [1.807, 2.05) is 98.7 Å². The molecule has 0 amide bonds. The van der Waals surface area contributed by atoms with E-state index in [0.717, 1.165) is 54.1 Å². The number of piperidine rings is 1. The molecule has 0 bridgehead atoms. The molecular weight excluding hydrogens is 750 g/mol. The monoisotopic (exact) mass is 825 g/mol. The average Bonchev–Trinajstić information content (AvgIpc) is 3.21. The first kappa shape index (κ1) is 56.5. The van der Waals surface area contributed by atoms with E-state index in [2.05, 4.69) is 36.5 Å². The molecule has 1 aliphatic rings. The molecule has 1 N–H and O–H groups in total. The van der Waals surface area contributed by atoms with Gasteiger partial charge >= 0.3 is 6.18 Å². The van der Waals surface area contributed by atoms with Gasteiger partial charge in [-0.05, 0) is 82.2 Å². The lowest BCUT2D eigenvalue weighted by Crippen LogP contribution is -2.44. The van der Waals surface area contributed by atoms with E-state index < -0.39 is 17.2 Å². The maximum Gasteiger partial charge on any atom is 0.416 e. The van der Waals surface area contributed by atoms with Gasteiger partial charge in [-0.15, -0.1) is 0 Å². The van der Waals surface area contributed by atoms with Gasteiger partial charge in [0.1, 0.15) is 17.0 Å². The fraction of sp³-hybridized carbons (Fsp3) is 0.480. The number of nitrogens with zero attached hydrogens (tertiary/aromatic N) is 1. The smallest absolute Gasteiger partial charge is 0.416 e. The highest BCUT2D eigenvalue weighted by atomic mass is 19.4. The zero-order valence-electron chi connectivity index (χ0n) is 36.8. The van der Waals surface area contributed by atoms with Crippen molar-refractivity contribution < 1.29 is 32.2 Å². The molecule has 3 rings (SSSR count). The Bertz CT molecular complexity index is 1600. The number of carbonyl (C=O) groups excluding carboxylic acids is 2. The van der Waals surface area contributed by atoms with Crippen molar-refractivity contribution in [1.82, 2.24) is 10.2 Å². The topological polar surface area (TPSA) is 67.9 Å². The van der Waals surface area contributed by atoms with Crippen molar-refractivity contribution in [3.8, 4) is 0 Å². The second kappa shape index (κ2) is 30.4. The predicted octanol–water partition coefficient (Wildman–Crippen LogP) is 13.2. The zero-order chi connectivity index (χ0) is 44.3. The maximum atomic E-state index is 13.7. The van der Waals surface area contributed by atoms with E-state index in [1.54, 1.807) is 12.2 Å². The molecule has 1 fully saturated rings. The molecule has 0 radical (unpaired) electrons. The number of allylic oxidation sites excluding steroid dienone is 6. The Morgan fingerprint density at radius 1 is 0.864 bits per heavy atom. The Morgan fingerprint density at radius 3 is 1.86 bits per heavy atom. The lowest BCUT2D eigenvalue weighted by molar-refractivity contribution is -0.137. The van der Waals surface area contributed by atoms with E-state index >= 15 is 0 Å². The molecule has 1 atom stereocenters. The summed E-state index contributed by atoms with van der Waals surface area (Å²) in [5, 5.41) is 3.51. The molecule has 9 heteroatoms. The van der Waals surface area contributed by atoms with Crippen LogP contribution in [0.15, 0.2) is 122 Å². The van der Waals surface area contributed by atoms with Crippen molar-refractivity contribution in [2.24, 2.45) is 0 Å². The SMILES string of the molecule is C.C=C(C)OCC.C=C/C=C(\C(=C/C)C(=C)NC1CCN(CC(=O)CCC(C(=C)OCC)(C(=O)CCC)c2ccccc2)CC1)c1ccc(C(F)(F)F)cc1.CC.CC. The lowest BCUT2D eigenvalue weighted by atomic mass is 9.70. The summed E-state index contributed by atoms with van der Waals surface area (Å²) in [6.07, 6.45) is 4.00. The van der Waals surface area contributed by atoms with Crippen LogP contribution in [-0.2, 0) is 30.7 Å². The van der Waals surface area contributed by atoms with E-state index in [0.29, 0.717) is 62.5 Å². The highest BCUT2D eigenvalue weighted by Gasteiger charge is 2.43. The van der Waals surface area contributed by atoms with Gasteiger partial charge in [0.05, 0.1) is 31.1 Å². The number of Topliss-reactive ketones (excluding diaryl/α,β-unsaturated/α-hetero) is 2.